The highest BCUT2D eigenvalue weighted by Gasteiger charge is 2.22. The molecule has 0 aliphatic carbocycles. The standard InChI is InChI=1S/C13H17O6P/c1-4-18-12(14)9-8-11-7-5-6-10(2)13(11)19-20(15,16)17-3/h5-9H,4H2,1-3H3,(H,15,16)/b9-8+. The molecule has 0 saturated carbocycles. The number of esters is 1. The van der Waals surface area contributed by atoms with Crippen molar-refractivity contribution in [2.45, 2.75) is 13.8 Å². The molecule has 0 spiro atoms. The molecule has 1 aromatic rings. The zero-order valence-corrected chi connectivity index (χ0v) is 12.4. The molecule has 0 heterocycles. The van der Waals surface area contributed by atoms with Gasteiger partial charge in [0.2, 0.25) is 0 Å². The second-order valence-corrected chi connectivity index (χ2v) is 5.31. The summed E-state index contributed by atoms with van der Waals surface area (Å²) in [5.41, 5.74) is 1.12. The van der Waals surface area contributed by atoms with Crippen LogP contribution in [-0.4, -0.2) is 24.6 Å². The van der Waals surface area contributed by atoms with Crippen LogP contribution < -0.4 is 4.52 Å². The first-order chi connectivity index (χ1) is 9.39. The largest absolute Gasteiger partial charge is 0.527 e. The number of aryl methyl sites for hydroxylation is 1. The molecule has 6 nitrogen and oxygen atoms in total. The number of ether oxygens (including phenoxy) is 1. The van der Waals surface area contributed by atoms with Crippen LogP contribution in [0, 0.1) is 6.92 Å². The molecule has 20 heavy (non-hydrogen) atoms. The van der Waals surface area contributed by atoms with E-state index in [0.29, 0.717) is 11.1 Å². The normalized spacial score (nSPS) is 14.0. The topological polar surface area (TPSA) is 82.1 Å². The predicted molar refractivity (Wildman–Crippen MR) is 74.3 cm³/mol. The van der Waals surface area contributed by atoms with E-state index in [2.05, 4.69) is 4.52 Å². The lowest BCUT2D eigenvalue weighted by Gasteiger charge is -2.14. The van der Waals surface area contributed by atoms with Gasteiger partial charge in [0, 0.05) is 18.7 Å². The number of carbonyl (C=O) groups is 1. The summed E-state index contributed by atoms with van der Waals surface area (Å²) in [6, 6.07) is 5.10. The Morgan fingerprint density at radius 3 is 2.75 bits per heavy atom. The Morgan fingerprint density at radius 1 is 1.45 bits per heavy atom. The van der Waals surface area contributed by atoms with Gasteiger partial charge in [0.25, 0.3) is 0 Å². The van der Waals surface area contributed by atoms with Crippen LogP contribution in [-0.2, 0) is 18.6 Å². The van der Waals surface area contributed by atoms with Crippen molar-refractivity contribution in [3.05, 3.63) is 35.4 Å². The first-order valence-corrected chi connectivity index (χ1v) is 7.41. The summed E-state index contributed by atoms with van der Waals surface area (Å²) in [6.45, 7) is 3.69. The van der Waals surface area contributed by atoms with Gasteiger partial charge in [-0.3, -0.25) is 9.42 Å². The molecular formula is C13H17O6P. The minimum atomic E-state index is -4.16. The molecular weight excluding hydrogens is 283 g/mol. The van der Waals surface area contributed by atoms with Crippen LogP contribution in [0.3, 0.4) is 0 Å². The van der Waals surface area contributed by atoms with Gasteiger partial charge in [-0.1, -0.05) is 18.2 Å². The molecule has 1 atom stereocenters. The van der Waals surface area contributed by atoms with E-state index in [0.717, 1.165) is 7.11 Å². The van der Waals surface area contributed by atoms with E-state index in [9.17, 15) is 14.3 Å². The minimum absolute atomic E-state index is 0.181. The third-order valence-electron chi connectivity index (χ3n) is 2.37. The molecule has 1 rings (SSSR count). The van der Waals surface area contributed by atoms with Gasteiger partial charge in [0.1, 0.15) is 5.75 Å². The van der Waals surface area contributed by atoms with Crippen molar-refractivity contribution in [2.75, 3.05) is 13.7 Å². The number of hydrogen-bond acceptors (Lipinski definition) is 5. The zero-order valence-electron chi connectivity index (χ0n) is 11.5. The third kappa shape index (κ3) is 4.81. The van der Waals surface area contributed by atoms with Crippen LogP contribution in [0.25, 0.3) is 6.08 Å². The summed E-state index contributed by atoms with van der Waals surface area (Å²) in [5, 5.41) is 0. The van der Waals surface area contributed by atoms with Gasteiger partial charge < -0.3 is 9.26 Å². The van der Waals surface area contributed by atoms with Gasteiger partial charge in [0.15, 0.2) is 0 Å². The summed E-state index contributed by atoms with van der Waals surface area (Å²) >= 11 is 0. The number of hydrogen-bond donors (Lipinski definition) is 1. The van der Waals surface area contributed by atoms with Gasteiger partial charge in [-0.25, -0.2) is 9.36 Å². The van der Waals surface area contributed by atoms with E-state index in [1.165, 1.54) is 12.2 Å². The number of phosphoric ester groups is 1. The second-order valence-electron chi connectivity index (χ2n) is 3.82. The fraction of sp³-hybridized carbons (Fsp3) is 0.308. The van der Waals surface area contributed by atoms with Crippen LogP contribution >= 0.6 is 7.82 Å². The molecule has 0 aliphatic heterocycles. The molecule has 1 unspecified atom stereocenters. The summed E-state index contributed by atoms with van der Waals surface area (Å²) in [5.74, 6) is -0.320. The smallest absolute Gasteiger partial charge is 0.463 e. The SMILES string of the molecule is CCOC(=O)/C=C/c1cccc(C)c1OP(=O)(O)OC. The van der Waals surface area contributed by atoms with Crippen LogP contribution in [0.4, 0.5) is 0 Å². The maximum absolute atomic E-state index is 11.5. The Labute approximate surface area is 117 Å². The number of carbonyl (C=O) groups excluding carboxylic acids is 1. The molecule has 7 heteroatoms. The molecule has 0 radical (unpaired) electrons. The Bertz CT molecular complexity index is 552. The lowest BCUT2D eigenvalue weighted by molar-refractivity contribution is -0.137. The molecule has 0 amide bonds. The molecule has 0 fully saturated rings. The molecule has 0 aromatic heterocycles. The van der Waals surface area contributed by atoms with Crippen LogP contribution in [0.5, 0.6) is 5.75 Å². The van der Waals surface area contributed by atoms with Crippen molar-refractivity contribution in [1.29, 1.82) is 0 Å². The van der Waals surface area contributed by atoms with Crippen molar-refractivity contribution in [3.8, 4) is 5.75 Å². The Morgan fingerprint density at radius 2 is 2.15 bits per heavy atom. The summed E-state index contributed by atoms with van der Waals surface area (Å²) in [6.07, 6.45) is 2.68. The van der Waals surface area contributed by atoms with Crippen molar-refractivity contribution in [2.24, 2.45) is 0 Å². The highest BCUT2D eigenvalue weighted by Crippen LogP contribution is 2.45. The van der Waals surface area contributed by atoms with Crippen molar-refractivity contribution in [1.82, 2.24) is 0 Å². The van der Waals surface area contributed by atoms with Gasteiger partial charge in [0.05, 0.1) is 6.61 Å². The lowest BCUT2D eigenvalue weighted by Crippen LogP contribution is -2.00. The number of benzene rings is 1. The molecule has 110 valence electrons. The van der Waals surface area contributed by atoms with Gasteiger partial charge in [-0.2, -0.15) is 0 Å². The minimum Gasteiger partial charge on any atom is -0.463 e. The Balaban J connectivity index is 3.05. The second kappa shape index (κ2) is 7.24. The average Bonchev–Trinajstić information content (AvgIpc) is 2.40. The zero-order chi connectivity index (χ0) is 15.2. The van der Waals surface area contributed by atoms with Crippen LogP contribution in [0.2, 0.25) is 0 Å². The van der Waals surface area contributed by atoms with E-state index >= 15 is 0 Å². The number of para-hydroxylation sites is 1. The van der Waals surface area contributed by atoms with Gasteiger partial charge >= 0.3 is 13.8 Å². The fourth-order valence-corrected chi connectivity index (χ4v) is 1.99. The highest BCUT2D eigenvalue weighted by atomic mass is 31.2. The van der Waals surface area contributed by atoms with E-state index in [4.69, 9.17) is 9.26 Å². The van der Waals surface area contributed by atoms with Crippen LogP contribution in [0.1, 0.15) is 18.1 Å². The molecule has 1 N–H and O–H groups in total. The van der Waals surface area contributed by atoms with E-state index in [-0.39, 0.29) is 12.4 Å². The average molecular weight is 300 g/mol. The third-order valence-corrected chi connectivity index (χ3v) is 3.24. The quantitative estimate of drug-likeness (QED) is 0.494. The van der Waals surface area contributed by atoms with E-state index in [1.807, 2.05) is 0 Å². The lowest BCUT2D eigenvalue weighted by atomic mass is 10.1. The fourth-order valence-electron chi connectivity index (χ4n) is 1.43. The maximum atomic E-state index is 11.5. The monoisotopic (exact) mass is 300 g/mol. The summed E-state index contributed by atoms with van der Waals surface area (Å²) < 4.78 is 25.6. The highest BCUT2D eigenvalue weighted by molar-refractivity contribution is 7.47. The van der Waals surface area contributed by atoms with E-state index < -0.39 is 13.8 Å². The molecule has 1 aromatic carbocycles. The Hall–Kier alpha value is -1.62. The predicted octanol–water partition coefficient (Wildman–Crippen LogP) is 2.70. The maximum Gasteiger partial charge on any atom is 0.527 e. The van der Waals surface area contributed by atoms with Gasteiger partial charge in [-0.05, 0) is 25.5 Å². The van der Waals surface area contributed by atoms with E-state index in [1.54, 1.807) is 32.0 Å². The Kier molecular flexibility index (Phi) is 5.95. The van der Waals surface area contributed by atoms with Crippen molar-refractivity contribution < 1.29 is 28.0 Å². The molecule has 0 saturated heterocycles. The molecule has 0 bridgehead atoms. The van der Waals surface area contributed by atoms with Crippen molar-refractivity contribution >= 4 is 19.9 Å². The summed E-state index contributed by atoms with van der Waals surface area (Å²) in [4.78, 5) is 20.7. The first kappa shape index (κ1) is 16.4. The van der Waals surface area contributed by atoms with Crippen molar-refractivity contribution in [3.63, 3.8) is 0 Å². The molecule has 0 aliphatic rings. The number of rotatable bonds is 6. The summed E-state index contributed by atoms with van der Waals surface area (Å²) in [7, 11) is -3.08. The van der Waals surface area contributed by atoms with Gasteiger partial charge in [-0.15, -0.1) is 0 Å². The number of phosphoric acid groups is 1. The first-order valence-electron chi connectivity index (χ1n) is 5.92. The van der Waals surface area contributed by atoms with Crippen LogP contribution in [0.15, 0.2) is 24.3 Å².